The molecule has 0 radical (unpaired) electrons. The summed E-state index contributed by atoms with van der Waals surface area (Å²) in [5.41, 5.74) is 2.18. The summed E-state index contributed by atoms with van der Waals surface area (Å²) in [4.78, 5) is 2.29. The molecule has 1 saturated heterocycles. The summed E-state index contributed by atoms with van der Waals surface area (Å²) >= 11 is 3.57. The fraction of sp³-hybridized carbons (Fsp3) is 0.342. The van der Waals surface area contributed by atoms with Crippen molar-refractivity contribution in [2.45, 2.75) is 80.2 Å². The largest absolute Gasteiger partial charge is 0.439 e. The Labute approximate surface area is 281 Å². The van der Waals surface area contributed by atoms with Crippen molar-refractivity contribution in [3.05, 3.63) is 119 Å². The molecule has 8 heteroatoms. The zero-order valence-electron chi connectivity index (χ0n) is 26.8. The Morgan fingerprint density at radius 3 is 2.28 bits per heavy atom. The molecule has 1 aromatic heterocycles. The molecule has 1 aliphatic heterocycles. The molecule has 5 nitrogen and oxygen atoms in total. The van der Waals surface area contributed by atoms with Gasteiger partial charge in [-0.15, -0.1) is 0 Å². The number of fused-ring (bicyclic) bond motifs is 1. The molecule has 2 heterocycles. The van der Waals surface area contributed by atoms with Crippen LogP contribution in [0.1, 0.15) is 51.3 Å². The van der Waals surface area contributed by atoms with Gasteiger partial charge in [-0.05, 0) is 145 Å². The minimum Gasteiger partial charge on any atom is -0.439 e. The molecule has 0 saturated carbocycles. The Morgan fingerprint density at radius 2 is 1.63 bits per heavy atom. The van der Waals surface area contributed by atoms with Crippen molar-refractivity contribution >= 4 is 37.0 Å². The first-order valence-electron chi connectivity index (χ1n) is 16.0. The van der Waals surface area contributed by atoms with Crippen LogP contribution in [0.15, 0.2) is 111 Å². The van der Waals surface area contributed by atoms with Crippen LogP contribution in [0.25, 0.3) is 10.8 Å². The van der Waals surface area contributed by atoms with Gasteiger partial charge >= 0.3 is 0 Å². The highest BCUT2D eigenvalue weighted by atomic mass is 79.9. The van der Waals surface area contributed by atoms with Crippen LogP contribution < -0.4 is 4.18 Å². The van der Waals surface area contributed by atoms with Crippen molar-refractivity contribution in [3.8, 4) is 5.75 Å². The Balaban J connectivity index is 1.33. The van der Waals surface area contributed by atoms with Gasteiger partial charge in [0.25, 0.3) is 0 Å². The van der Waals surface area contributed by atoms with Crippen LogP contribution in [0.5, 0.6) is 5.75 Å². The lowest BCUT2D eigenvalue weighted by molar-refractivity contribution is -0.163. The summed E-state index contributed by atoms with van der Waals surface area (Å²) in [6.07, 6.45) is 4.55. The Kier molecular flexibility index (Phi) is 10.2. The van der Waals surface area contributed by atoms with E-state index in [-0.39, 0.29) is 16.9 Å². The van der Waals surface area contributed by atoms with Crippen LogP contribution in [-0.2, 0) is 28.9 Å². The summed E-state index contributed by atoms with van der Waals surface area (Å²) in [5, 5.41) is 6.39. The Hall–Kier alpha value is -3.17. The van der Waals surface area contributed by atoms with Crippen LogP contribution >= 0.6 is 26.2 Å². The van der Waals surface area contributed by atoms with Gasteiger partial charge in [0.2, 0.25) is 0 Å². The quantitative estimate of drug-likeness (QED) is 0.137. The third kappa shape index (κ3) is 7.20. The first-order chi connectivity index (χ1) is 22.2. The van der Waals surface area contributed by atoms with Crippen LogP contribution in [-0.4, -0.2) is 34.0 Å². The van der Waals surface area contributed by atoms with Crippen LogP contribution in [0.2, 0.25) is 0 Å². The van der Waals surface area contributed by atoms with E-state index < -0.39 is 10.3 Å². The highest BCUT2D eigenvalue weighted by Gasteiger charge is 2.43. The summed E-state index contributed by atoms with van der Waals surface area (Å²) in [5.74, 6) is 0.501. The van der Waals surface area contributed by atoms with Crippen molar-refractivity contribution in [2.75, 3.05) is 13.2 Å². The van der Waals surface area contributed by atoms with Crippen molar-refractivity contribution < 1.29 is 18.0 Å². The zero-order chi connectivity index (χ0) is 32.1. The summed E-state index contributed by atoms with van der Waals surface area (Å²) in [6, 6.07) is 32.3. The van der Waals surface area contributed by atoms with Crippen molar-refractivity contribution in [3.63, 3.8) is 0 Å². The third-order valence-electron chi connectivity index (χ3n) is 8.41. The Morgan fingerprint density at radius 1 is 0.913 bits per heavy atom. The van der Waals surface area contributed by atoms with Gasteiger partial charge in [-0.1, -0.05) is 42.5 Å². The van der Waals surface area contributed by atoms with Crippen molar-refractivity contribution in [1.82, 2.24) is 9.78 Å². The second-order valence-electron chi connectivity index (χ2n) is 12.7. The van der Waals surface area contributed by atoms with Crippen molar-refractivity contribution in [2.24, 2.45) is 0 Å². The number of ether oxygens (including phenoxy) is 2. The topological polar surface area (TPSA) is 45.5 Å². The normalized spacial score (nSPS) is 16.1. The molecule has 242 valence electrons. The maximum Gasteiger partial charge on any atom is 0.157 e. The first kappa shape index (κ1) is 32.8. The van der Waals surface area contributed by atoms with E-state index >= 15 is 0 Å². The molecular formula is C38H42BrFN2O3S. The lowest BCUT2D eigenvalue weighted by Gasteiger charge is -2.50. The molecule has 1 atom stereocenters. The number of rotatable bonds is 11. The predicted octanol–water partition coefficient (Wildman–Crippen LogP) is 10.3. The molecule has 0 spiro atoms. The van der Waals surface area contributed by atoms with Gasteiger partial charge in [0.15, 0.2) is 6.29 Å². The van der Waals surface area contributed by atoms with E-state index in [1.54, 1.807) is 6.07 Å². The van der Waals surface area contributed by atoms with Gasteiger partial charge in [-0.3, -0.25) is 4.68 Å². The minimum atomic E-state index is -2.07. The molecule has 0 amide bonds. The van der Waals surface area contributed by atoms with E-state index in [9.17, 15) is 4.39 Å². The summed E-state index contributed by atoms with van der Waals surface area (Å²) < 4.78 is 36.3. The summed E-state index contributed by atoms with van der Waals surface area (Å²) in [6.45, 7) is 8.69. The van der Waals surface area contributed by atoms with Gasteiger partial charge in [0, 0.05) is 32.2 Å². The molecule has 0 aliphatic carbocycles. The predicted molar refractivity (Wildman–Crippen MR) is 188 cm³/mol. The molecule has 1 fully saturated rings. The number of aryl methyl sites for hydroxylation is 2. The second kappa shape index (κ2) is 14.3. The standard InChI is InChI=1S/C38H42BrFN2O3S/c1-38(2,3)46(32-12-6-4-7-13-32,33-14-8-5-9-15-33)45-35-25-28(24-29-26-30(40)18-20-34(29)35)17-19-31-27-36(39)41-42(31)21-23-44-37-16-10-11-22-43-37/h4-9,12-15,18,20,24-27,37H,10-11,16-17,19,21-23H2,1-3H3. The fourth-order valence-corrected chi connectivity index (χ4v) is 10.3. The average Bonchev–Trinajstić information content (AvgIpc) is 3.41. The van der Waals surface area contributed by atoms with Crippen LogP contribution in [0.3, 0.4) is 0 Å². The number of hydrogen-bond acceptors (Lipinski definition) is 4. The molecular weight excluding hydrogens is 663 g/mol. The van der Waals surface area contributed by atoms with Gasteiger partial charge in [-0.2, -0.15) is 5.10 Å². The van der Waals surface area contributed by atoms with Gasteiger partial charge < -0.3 is 13.7 Å². The molecule has 4 aromatic carbocycles. The zero-order valence-corrected chi connectivity index (χ0v) is 29.2. The van der Waals surface area contributed by atoms with E-state index in [0.717, 1.165) is 80.9 Å². The lowest BCUT2D eigenvalue weighted by atomic mass is 10.0. The Bertz CT molecular complexity index is 1710. The maximum absolute atomic E-state index is 14.6. The van der Waals surface area contributed by atoms with Crippen LogP contribution in [0.4, 0.5) is 4.39 Å². The fourth-order valence-electron chi connectivity index (χ4n) is 6.20. The van der Waals surface area contributed by atoms with Crippen molar-refractivity contribution in [1.29, 1.82) is 0 Å². The van der Waals surface area contributed by atoms with Crippen LogP contribution in [0, 0.1) is 5.82 Å². The smallest absolute Gasteiger partial charge is 0.157 e. The van der Waals surface area contributed by atoms with E-state index in [2.05, 4.69) is 109 Å². The molecule has 6 rings (SSSR count). The van der Waals surface area contributed by atoms with E-state index in [1.165, 1.54) is 6.07 Å². The summed E-state index contributed by atoms with van der Waals surface area (Å²) in [7, 11) is -2.07. The third-order valence-corrected chi connectivity index (χ3v) is 12.8. The number of nitrogens with zero attached hydrogens (tertiary/aromatic N) is 2. The highest BCUT2D eigenvalue weighted by molar-refractivity contribution is 9.10. The number of halogens is 2. The van der Waals surface area contributed by atoms with E-state index in [0.29, 0.717) is 13.2 Å². The number of aromatic nitrogens is 2. The molecule has 0 N–H and O–H groups in total. The maximum atomic E-state index is 14.6. The molecule has 46 heavy (non-hydrogen) atoms. The van der Waals surface area contributed by atoms with Gasteiger partial charge in [0.05, 0.1) is 13.2 Å². The van der Waals surface area contributed by atoms with E-state index in [4.69, 9.17) is 13.7 Å². The van der Waals surface area contributed by atoms with Gasteiger partial charge in [-0.25, -0.2) is 4.39 Å². The molecule has 1 unspecified atom stereocenters. The molecule has 5 aromatic rings. The average molecular weight is 706 g/mol. The molecule has 0 bridgehead atoms. The SMILES string of the molecule is CC(C)(C)S(Oc1cc(CCc2cc(Br)nn2CCOC2CCCCO2)cc2cc(F)ccc12)(c1ccccc1)c1ccccc1. The first-order valence-corrected chi connectivity index (χ1v) is 18.4. The minimum absolute atomic E-state index is 0.123. The second-order valence-corrected chi connectivity index (χ2v) is 16.9. The number of benzene rings is 4. The molecule has 1 aliphatic rings. The lowest BCUT2D eigenvalue weighted by Crippen LogP contribution is -2.30. The highest BCUT2D eigenvalue weighted by Crippen LogP contribution is 2.71. The monoisotopic (exact) mass is 704 g/mol. The number of hydrogen-bond donors (Lipinski definition) is 0. The van der Waals surface area contributed by atoms with Gasteiger partial charge in [0.1, 0.15) is 16.2 Å². The van der Waals surface area contributed by atoms with E-state index in [1.807, 2.05) is 22.9 Å².